The van der Waals surface area contributed by atoms with Crippen LogP contribution in [0.5, 0.6) is 5.75 Å². The zero-order valence-corrected chi connectivity index (χ0v) is 17.6. The Kier molecular flexibility index (Phi) is 4.85. The second-order valence-corrected chi connectivity index (χ2v) is 9.00. The molecule has 0 spiro atoms. The van der Waals surface area contributed by atoms with Crippen LogP contribution in [-0.2, 0) is 17.1 Å². The van der Waals surface area contributed by atoms with Crippen LogP contribution in [0, 0.1) is 0 Å². The topological polar surface area (TPSA) is 103 Å². The number of ether oxygens (including phenoxy) is 1. The lowest BCUT2D eigenvalue weighted by Gasteiger charge is -2.05. The Balaban J connectivity index is 1.62. The van der Waals surface area contributed by atoms with Gasteiger partial charge in [-0.15, -0.1) is 11.3 Å². The van der Waals surface area contributed by atoms with Crippen LogP contribution in [0.25, 0.3) is 22.4 Å². The van der Waals surface area contributed by atoms with E-state index < -0.39 is 15.8 Å². The molecular formula is C18H14ClN3O5S2. The van der Waals surface area contributed by atoms with Gasteiger partial charge in [-0.1, -0.05) is 11.6 Å². The minimum absolute atomic E-state index is 0.0383. The van der Waals surface area contributed by atoms with Crippen molar-refractivity contribution in [2.45, 2.75) is 4.90 Å². The second kappa shape index (κ2) is 7.21. The Morgan fingerprint density at radius 1 is 1.24 bits per heavy atom. The third kappa shape index (κ3) is 3.61. The molecule has 4 rings (SSSR count). The Bertz CT molecular complexity index is 1390. The van der Waals surface area contributed by atoms with Crippen molar-refractivity contribution < 1.29 is 17.6 Å². The zero-order valence-electron chi connectivity index (χ0n) is 15.2. The number of benzene rings is 2. The van der Waals surface area contributed by atoms with E-state index in [4.69, 9.17) is 20.8 Å². The fourth-order valence-electron chi connectivity index (χ4n) is 2.73. The first-order valence-electron chi connectivity index (χ1n) is 8.20. The van der Waals surface area contributed by atoms with Gasteiger partial charge in [-0.2, -0.15) is 0 Å². The number of aryl methyl sites for hydroxylation is 1. The van der Waals surface area contributed by atoms with Gasteiger partial charge in [0.25, 0.3) is 10.0 Å². The summed E-state index contributed by atoms with van der Waals surface area (Å²) in [4.78, 5) is 15.9. The Hall–Kier alpha value is -2.82. The van der Waals surface area contributed by atoms with E-state index >= 15 is 0 Å². The van der Waals surface area contributed by atoms with Gasteiger partial charge in [0.05, 0.1) is 28.2 Å². The quantitative estimate of drug-likeness (QED) is 0.496. The highest BCUT2D eigenvalue weighted by Crippen LogP contribution is 2.32. The molecule has 4 aromatic rings. The molecule has 150 valence electrons. The molecule has 0 saturated carbocycles. The molecule has 0 unspecified atom stereocenters. The van der Waals surface area contributed by atoms with Crippen LogP contribution in [0.2, 0.25) is 5.02 Å². The maximum Gasteiger partial charge on any atom is 0.419 e. The van der Waals surface area contributed by atoms with E-state index in [1.54, 1.807) is 30.6 Å². The molecule has 0 saturated heterocycles. The third-order valence-electron chi connectivity index (χ3n) is 4.25. The van der Waals surface area contributed by atoms with Crippen molar-refractivity contribution in [3.63, 3.8) is 0 Å². The van der Waals surface area contributed by atoms with Crippen molar-refractivity contribution in [3.8, 4) is 17.0 Å². The van der Waals surface area contributed by atoms with Gasteiger partial charge in [-0.25, -0.2) is 18.2 Å². The van der Waals surface area contributed by atoms with Crippen LogP contribution in [0.3, 0.4) is 0 Å². The van der Waals surface area contributed by atoms with E-state index in [-0.39, 0.29) is 15.6 Å². The Morgan fingerprint density at radius 2 is 2.03 bits per heavy atom. The number of nitrogens with zero attached hydrogens (tertiary/aromatic N) is 2. The molecule has 2 aromatic heterocycles. The first-order valence-corrected chi connectivity index (χ1v) is 10.9. The van der Waals surface area contributed by atoms with Gasteiger partial charge in [-0.05, 0) is 30.3 Å². The van der Waals surface area contributed by atoms with Crippen LogP contribution in [0.15, 0.2) is 55.9 Å². The summed E-state index contributed by atoms with van der Waals surface area (Å²) in [5, 5.41) is 2.34. The number of methoxy groups -OCH3 is 1. The first kappa shape index (κ1) is 19.5. The van der Waals surface area contributed by atoms with Crippen molar-refractivity contribution >= 4 is 49.2 Å². The number of nitrogens with one attached hydrogen (secondary N) is 1. The lowest BCUT2D eigenvalue weighted by Crippen LogP contribution is -2.12. The van der Waals surface area contributed by atoms with E-state index in [9.17, 15) is 13.2 Å². The Labute approximate surface area is 174 Å². The average molecular weight is 452 g/mol. The molecule has 0 bridgehead atoms. The van der Waals surface area contributed by atoms with Crippen LogP contribution >= 0.6 is 22.9 Å². The minimum Gasteiger partial charge on any atom is -0.495 e. The number of thiazole rings is 1. The van der Waals surface area contributed by atoms with Gasteiger partial charge < -0.3 is 9.15 Å². The lowest BCUT2D eigenvalue weighted by molar-refractivity contribution is 0.415. The molecule has 2 heterocycles. The maximum atomic E-state index is 12.7. The van der Waals surface area contributed by atoms with Gasteiger partial charge >= 0.3 is 5.76 Å². The molecule has 11 heteroatoms. The zero-order chi connectivity index (χ0) is 20.8. The molecule has 0 aliphatic carbocycles. The van der Waals surface area contributed by atoms with Gasteiger partial charge in [-0.3, -0.25) is 9.29 Å². The molecule has 1 N–H and O–H groups in total. The highest BCUT2D eigenvalue weighted by atomic mass is 35.5. The SMILES string of the molecule is COc1ccc(-c2csc(NS(=O)(=O)c3ccc4c(c3)oc(=O)n4C)n2)cc1Cl. The number of rotatable bonds is 5. The van der Waals surface area contributed by atoms with Crippen molar-refractivity contribution in [2.24, 2.45) is 7.05 Å². The number of fused-ring (bicyclic) bond motifs is 1. The van der Waals surface area contributed by atoms with Crippen LogP contribution in [0.1, 0.15) is 0 Å². The summed E-state index contributed by atoms with van der Waals surface area (Å²) in [6.45, 7) is 0. The first-order chi connectivity index (χ1) is 13.8. The van der Waals surface area contributed by atoms with Gasteiger partial charge in [0, 0.05) is 24.1 Å². The maximum absolute atomic E-state index is 12.7. The molecule has 0 atom stereocenters. The van der Waals surface area contributed by atoms with Crippen LogP contribution in [0.4, 0.5) is 5.13 Å². The molecule has 0 radical (unpaired) electrons. The van der Waals surface area contributed by atoms with E-state index in [0.717, 1.165) is 16.9 Å². The number of aromatic nitrogens is 2. The summed E-state index contributed by atoms with van der Waals surface area (Å²) in [7, 11) is -0.848. The molecule has 0 fully saturated rings. The van der Waals surface area contributed by atoms with Crippen LogP contribution < -0.4 is 15.2 Å². The Morgan fingerprint density at radius 3 is 2.76 bits per heavy atom. The summed E-state index contributed by atoms with van der Waals surface area (Å²) in [6, 6.07) is 9.40. The molecule has 2 aromatic carbocycles. The highest BCUT2D eigenvalue weighted by molar-refractivity contribution is 7.93. The monoisotopic (exact) mass is 451 g/mol. The van der Waals surface area contributed by atoms with Gasteiger partial charge in [0.15, 0.2) is 10.7 Å². The number of halogens is 1. The summed E-state index contributed by atoms with van der Waals surface area (Å²) < 4.78 is 39.3. The van der Waals surface area contributed by atoms with Crippen molar-refractivity contribution in [1.82, 2.24) is 9.55 Å². The third-order valence-corrected chi connectivity index (χ3v) is 6.77. The van der Waals surface area contributed by atoms with E-state index in [1.165, 1.54) is 29.9 Å². The fraction of sp³-hybridized carbons (Fsp3) is 0.111. The predicted octanol–water partition coefficient (Wildman–Crippen LogP) is 3.72. The summed E-state index contributed by atoms with van der Waals surface area (Å²) in [6.07, 6.45) is 0. The normalized spacial score (nSPS) is 11.7. The second-order valence-electron chi connectivity index (χ2n) is 6.05. The summed E-state index contributed by atoms with van der Waals surface area (Å²) in [5.74, 6) is -0.0280. The number of hydrogen-bond acceptors (Lipinski definition) is 7. The van der Waals surface area contributed by atoms with Gasteiger partial charge in [0.2, 0.25) is 0 Å². The van der Waals surface area contributed by atoms with Crippen molar-refractivity contribution in [1.29, 1.82) is 0 Å². The molecule has 0 aliphatic heterocycles. The number of anilines is 1. The lowest BCUT2D eigenvalue weighted by atomic mass is 10.2. The van der Waals surface area contributed by atoms with Crippen molar-refractivity contribution in [3.05, 3.63) is 57.4 Å². The van der Waals surface area contributed by atoms with Crippen molar-refractivity contribution in [2.75, 3.05) is 11.8 Å². The predicted molar refractivity (Wildman–Crippen MR) is 111 cm³/mol. The fourth-order valence-corrected chi connectivity index (χ4v) is 4.98. The molecule has 29 heavy (non-hydrogen) atoms. The molecule has 8 nitrogen and oxygen atoms in total. The minimum atomic E-state index is -3.92. The highest BCUT2D eigenvalue weighted by Gasteiger charge is 2.19. The van der Waals surface area contributed by atoms with Crippen LogP contribution in [-0.4, -0.2) is 25.1 Å². The van der Waals surface area contributed by atoms with E-state index in [1.807, 2.05) is 0 Å². The molecule has 0 aliphatic rings. The van der Waals surface area contributed by atoms with Gasteiger partial charge in [0.1, 0.15) is 5.75 Å². The molecule has 0 amide bonds. The summed E-state index contributed by atoms with van der Waals surface area (Å²) >= 11 is 7.28. The molecular weight excluding hydrogens is 438 g/mol. The van der Waals surface area contributed by atoms with E-state index in [2.05, 4.69) is 9.71 Å². The number of oxazole rings is 1. The number of hydrogen-bond donors (Lipinski definition) is 1. The smallest absolute Gasteiger partial charge is 0.419 e. The standard InChI is InChI=1S/C18H14ClN3O5S2/c1-22-14-5-4-11(8-16(14)27-18(22)23)29(24,25)21-17-20-13(9-28-17)10-3-6-15(26-2)12(19)7-10/h3-9H,1-2H3,(H,20,21). The summed E-state index contributed by atoms with van der Waals surface area (Å²) in [5.41, 5.74) is 1.99. The van der Waals surface area contributed by atoms with E-state index in [0.29, 0.717) is 22.0 Å². The average Bonchev–Trinajstić information content (AvgIpc) is 3.25. The number of sulfonamides is 1. The largest absolute Gasteiger partial charge is 0.495 e.